The Morgan fingerprint density at radius 3 is 2.65 bits per heavy atom. The lowest BCUT2D eigenvalue weighted by Crippen LogP contribution is -2.28. The van der Waals surface area contributed by atoms with Gasteiger partial charge in [-0.15, -0.1) is 0 Å². The number of aliphatic hydroxyl groups is 1. The van der Waals surface area contributed by atoms with Crippen LogP contribution in [0.15, 0.2) is 48.5 Å². The first kappa shape index (κ1) is 25.7. The summed E-state index contributed by atoms with van der Waals surface area (Å²) in [6.07, 6.45) is -4.67. The average molecular weight is 500 g/mol. The quantitative estimate of drug-likeness (QED) is 0.333. The van der Waals surface area contributed by atoms with Crippen LogP contribution < -0.4 is 5.32 Å². The number of nitrogens with zero attached hydrogens (tertiary/aromatic N) is 2. The predicted octanol–water partition coefficient (Wildman–Crippen LogP) is 4.61. The summed E-state index contributed by atoms with van der Waals surface area (Å²) in [7, 11) is 0. The van der Waals surface area contributed by atoms with E-state index in [4.69, 9.17) is 21.4 Å². The third-order valence-corrected chi connectivity index (χ3v) is 5.27. The zero-order valence-electron chi connectivity index (χ0n) is 18.1. The number of carbonyl (C=O) groups is 1. The molecule has 2 N–H and O–H groups in total. The molecule has 0 aliphatic heterocycles. The molecule has 0 radical (unpaired) electrons. The molecule has 1 aromatic heterocycles. The third-order valence-electron chi connectivity index (χ3n) is 5.03. The molecule has 34 heavy (non-hydrogen) atoms. The number of amides is 1. The van der Waals surface area contributed by atoms with E-state index in [0.29, 0.717) is 16.3 Å². The number of nitrogens with one attached hydrogen (secondary N) is 1. The maximum atomic E-state index is 14.3. The summed E-state index contributed by atoms with van der Waals surface area (Å²) < 4.78 is 60.2. The van der Waals surface area contributed by atoms with Gasteiger partial charge in [-0.2, -0.15) is 18.3 Å². The van der Waals surface area contributed by atoms with Gasteiger partial charge in [-0.25, -0.2) is 9.07 Å². The first-order valence-electron chi connectivity index (χ1n) is 10.3. The summed E-state index contributed by atoms with van der Waals surface area (Å²) in [4.78, 5) is 12.7. The summed E-state index contributed by atoms with van der Waals surface area (Å²) in [6.45, 7) is 1.18. The molecule has 0 bridgehead atoms. The molecule has 0 spiro atoms. The molecule has 0 aliphatic carbocycles. The first-order chi connectivity index (χ1) is 16.1. The minimum Gasteiger partial charge on any atom is -0.394 e. The van der Waals surface area contributed by atoms with E-state index in [2.05, 4.69) is 10.4 Å². The average Bonchev–Trinajstić information content (AvgIpc) is 3.23. The Balaban J connectivity index is 1.75. The molecule has 6 nitrogen and oxygen atoms in total. The van der Waals surface area contributed by atoms with E-state index >= 15 is 0 Å². The van der Waals surface area contributed by atoms with Crippen molar-refractivity contribution in [3.05, 3.63) is 81.9 Å². The van der Waals surface area contributed by atoms with Gasteiger partial charge >= 0.3 is 6.18 Å². The van der Waals surface area contributed by atoms with Crippen LogP contribution in [0.2, 0.25) is 5.02 Å². The fourth-order valence-electron chi connectivity index (χ4n) is 3.19. The topological polar surface area (TPSA) is 76.4 Å². The standard InChI is InChI=1S/C23H22ClF4N3O3/c1-14(15-5-6-16(20(25)9-15)13-34-8-7-32)22(33)29-12-19-11-21(23(26,27)28)30-31(19)18-4-2-3-17(24)10-18/h2-6,9-11,14,32H,7-8,12-13H2,1H3,(H,29,33)/t14-/m0/s1. The summed E-state index contributed by atoms with van der Waals surface area (Å²) >= 11 is 5.96. The van der Waals surface area contributed by atoms with Gasteiger partial charge in [-0.05, 0) is 42.8 Å². The van der Waals surface area contributed by atoms with Crippen LogP contribution in [0.5, 0.6) is 0 Å². The molecular formula is C23H22ClF4N3O3. The van der Waals surface area contributed by atoms with Crippen molar-refractivity contribution in [2.45, 2.75) is 32.2 Å². The zero-order chi connectivity index (χ0) is 24.9. The number of alkyl halides is 3. The molecule has 0 saturated heterocycles. The zero-order valence-corrected chi connectivity index (χ0v) is 18.8. The van der Waals surface area contributed by atoms with Crippen molar-refractivity contribution in [3.63, 3.8) is 0 Å². The number of aliphatic hydroxyl groups excluding tert-OH is 1. The van der Waals surface area contributed by atoms with E-state index < -0.39 is 29.5 Å². The van der Waals surface area contributed by atoms with Crippen molar-refractivity contribution in [2.24, 2.45) is 0 Å². The number of aromatic nitrogens is 2. The van der Waals surface area contributed by atoms with Crippen LogP contribution in [0.3, 0.4) is 0 Å². The van der Waals surface area contributed by atoms with E-state index in [1.165, 1.54) is 18.2 Å². The summed E-state index contributed by atoms with van der Waals surface area (Å²) in [5, 5.41) is 15.3. The lowest BCUT2D eigenvalue weighted by atomic mass is 9.98. The minimum atomic E-state index is -4.67. The van der Waals surface area contributed by atoms with Crippen LogP contribution in [0.25, 0.3) is 5.69 Å². The second-order valence-electron chi connectivity index (χ2n) is 7.48. The molecular weight excluding hydrogens is 478 g/mol. The Labute approximate surface area is 198 Å². The number of ether oxygens (including phenoxy) is 1. The second kappa shape index (κ2) is 11.0. The highest BCUT2D eigenvalue weighted by molar-refractivity contribution is 6.30. The molecule has 0 fully saturated rings. The minimum absolute atomic E-state index is 0.0255. The van der Waals surface area contributed by atoms with Crippen molar-refractivity contribution in [1.29, 1.82) is 0 Å². The Hall–Kier alpha value is -2.95. The summed E-state index contributed by atoms with van der Waals surface area (Å²) in [6, 6.07) is 11.3. The van der Waals surface area contributed by atoms with E-state index in [0.717, 1.165) is 10.7 Å². The highest BCUT2D eigenvalue weighted by Gasteiger charge is 2.35. The number of hydrogen-bond acceptors (Lipinski definition) is 4. The molecule has 1 atom stereocenters. The molecule has 1 heterocycles. The van der Waals surface area contributed by atoms with Crippen LogP contribution in [0.4, 0.5) is 17.6 Å². The Morgan fingerprint density at radius 2 is 2.00 bits per heavy atom. The number of halogens is 5. The van der Waals surface area contributed by atoms with E-state index in [-0.39, 0.29) is 37.6 Å². The van der Waals surface area contributed by atoms with Crippen LogP contribution in [-0.4, -0.2) is 34.0 Å². The van der Waals surface area contributed by atoms with Crippen LogP contribution in [0, 0.1) is 5.82 Å². The van der Waals surface area contributed by atoms with Crippen molar-refractivity contribution in [1.82, 2.24) is 15.1 Å². The lowest BCUT2D eigenvalue weighted by Gasteiger charge is -2.15. The Bertz CT molecular complexity index is 1150. The fourth-order valence-corrected chi connectivity index (χ4v) is 3.38. The normalized spacial score (nSPS) is 12.6. The van der Waals surface area contributed by atoms with Crippen LogP contribution >= 0.6 is 11.6 Å². The molecule has 2 aromatic carbocycles. The largest absolute Gasteiger partial charge is 0.435 e. The maximum absolute atomic E-state index is 14.3. The van der Waals surface area contributed by atoms with Crippen molar-refractivity contribution >= 4 is 17.5 Å². The second-order valence-corrected chi connectivity index (χ2v) is 7.91. The third kappa shape index (κ3) is 6.34. The van der Waals surface area contributed by atoms with Gasteiger partial charge < -0.3 is 15.2 Å². The molecule has 3 aromatic rings. The molecule has 0 unspecified atom stereocenters. The summed E-state index contributed by atoms with van der Waals surface area (Å²) in [5.74, 6) is -1.84. The van der Waals surface area contributed by atoms with Crippen molar-refractivity contribution < 1.29 is 32.2 Å². The molecule has 0 saturated carbocycles. The first-order valence-corrected chi connectivity index (χ1v) is 10.6. The SMILES string of the molecule is C[C@H](C(=O)NCc1cc(C(F)(F)F)nn1-c1cccc(Cl)c1)c1ccc(COCCO)c(F)c1. The van der Waals surface area contributed by atoms with Gasteiger partial charge in [0.25, 0.3) is 0 Å². The lowest BCUT2D eigenvalue weighted by molar-refractivity contribution is -0.141. The Kier molecular flexibility index (Phi) is 8.29. The molecule has 3 rings (SSSR count). The molecule has 11 heteroatoms. The number of benzene rings is 2. The predicted molar refractivity (Wildman–Crippen MR) is 117 cm³/mol. The monoisotopic (exact) mass is 499 g/mol. The van der Waals surface area contributed by atoms with Gasteiger partial charge in [-0.3, -0.25) is 4.79 Å². The molecule has 182 valence electrons. The van der Waals surface area contributed by atoms with Gasteiger partial charge in [0.1, 0.15) is 5.82 Å². The summed E-state index contributed by atoms with van der Waals surface area (Å²) in [5.41, 5.74) is -0.0416. The van der Waals surface area contributed by atoms with Gasteiger partial charge in [-0.1, -0.05) is 29.8 Å². The Morgan fingerprint density at radius 1 is 1.24 bits per heavy atom. The van der Waals surface area contributed by atoms with E-state index in [9.17, 15) is 22.4 Å². The number of rotatable bonds is 9. The molecule has 0 aliphatic rings. The fraction of sp³-hybridized carbons (Fsp3) is 0.304. The van der Waals surface area contributed by atoms with Gasteiger partial charge in [0.15, 0.2) is 5.69 Å². The van der Waals surface area contributed by atoms with Crippen LogP contribution in [0.1, 0.15) is 35.4 Å². The van der Waals surface area contributed by atoms with Crippen molar-refractivity contribution in [3.8, 4) is 5.69 Å². The van der Waals surface area contributed by atoms with Gasteiger partial charge in [0, 0.05) is 10.6 Å². The van der Waals surface area contributed by atoms with Crippen molar-refractivity contribution in [2.75, 3.05) is 13.2 Å². The van der Waals surface area contributed by atoms with E-state index in [1.807, 2.05) is 0 Å². The molecule has 1 amide bonds. The number of carbonyl (C=O) groups excluding carboxylic acids is 1. The van der Waals surface area contributed by atoms with Gasteiger partial charge in [0.05, 0.1) is 43.7 Å². The number of hydrogen-bond donors (Lipinski definition) is 2. The smallest absolute Gasteiger partial charge is 0.394 e. The van der Waals surface area contributed by atoms with Crippen LogP contribution in [-0.2, 0) is 28.9 Å². The maximum Gasteiger partial charge on any atom is 0.435 e. The van der Waals surface area contributed by atoms with E-state index in [1.54, 1.807) is 31.2 Å². The highest BCUT2D eigenvalue weighted by atomic mass is 35.5. The van der Waals surface area contributed by atoms with Gasteiger partial charge in [0.2, 0.25) is 5.91 Å². The highest BCUT2D eigenvalue weighted by Crippen LogP contribution is 2.30.